The van der Waals surface area contributed by atoms with Gasteiger partial charge in [-0.15, -0.1) is 0 Å². The number of ether oxygens (including phenoxy) is 6. The number of halogens is 2. The van der Waals surface area contributed by atoms with Crippen molar-refractivity contribution in [3.05, 3.63) is 123 Å². The van der Waals surface area contributed by atoms with Gasteiger partial charge in [0.15, 0.2) is 35.1 Å². The van der Waals surface area contributed by atoms with Gasteiger partial charge in [-0.1, -0.05) is 67.0 Å². The van der Waals surface area contributed by atoms with Gasteiger partial charge in [-0.3, -0.25) is 33.6 Å². The highest BCUT2D eigenvalue weighted by atomic mass is 35.5. The molecule has 582 valence electrons. The van der Waals surface area contributed by atoms with Gasteiger partial charge < -0.3 is 134 Å². The molecule has 18 atom stereocenters. The number of carbonyl (C=O) groups excluding carboxylic acids is 7. The predicted molar refractivity (Wildman–Crippen MR) is 381 cm³/mol. The number of nitrogen functional groups attached to an aromatic ring is 1. The number of benzene rings is 5. The van der Waals surface area contributed by atoms with E-state index >= 15 is 14.4 Å². The van der Waals surface area contributed by atoms with Crippen LogP contribution in [0.3, 0.4) is 0 Å². The second-order valence-corrected chi connectivity index (χ2v) is 29.1. The highest BCUT2D eigenvalue weighted by Gasteiger charge is 2.52. The number of aliphatic carboxylic acids is 1. The number of rotatable bonds is 15. The molecule has 13 rings (SSSR count). The van der Waals surface area contributed by atoms with Crippen LogP contribution < -0.4 is 68.6 Å². The number of phenols is 3. The zero-order valence-corrected chi connectivity index (χ0v) is 60.6. The predicted octanol–water partition coefficient (Wildman–Crippen LogP) is 0.984. The van der Waals surface area contributed by atoms with E-state index in [1.54, 1.807) is 0 Å². The summed E-state index contributed by atoms with van der Waals surface area (Å²) in [6.07, 6.45) is -18.7. The second kappa shape index (κ2) is 32.6. The van der Waals surface area contributed by atoms with Gasteiger partial charge in [-0.05, 0) is 110 Å². The Morgan fingerprint density at radius 1 is 0.725 bits per heavy atom. The number of carbonyl (C=O) groups is 8. The van der Waals surface area contributed by atoms with Gasteiger partial charge in [0.1, 0.15) is 89.2 Å². The summed E-state index contributed by atoms with van der Waals surface area (Å²) >= 11 is 15.0. The van der Waals surface area contributed by atoms with Crippen LogP contribution in [0.15, 0.2) is 90.1 Å². The molecule has 36 nitrogen and oxygen atoms in total. The van der Waals surface area contributed by atoms with Crippen molar-refractivity contribution in [2.75, 3.05) is 18.5 Å². The molecule has 0 spiro atoms. The van der Waals surface area contributed by atoms with Crippen LogP contribution in [-0.2, 0) is 52.6 Å². The number of primary amides is 1. The van der Waals surface area contributed by atoms with Crippen molar-refractivity contribution in [2.24, 2.45) is 17.4 Å². The van der Waals surface area contributed by atoms with E-state index in [-0.39, 0.29) is 62.9 Å². The third kappa shape index (κ3) is 17.5. The molecule has 11 bridgehead atoms. The Morgan fingerprint density at radius 3 is 1.95 bits per heavy atom. The van der Waals surface area contributed by atoms with Gasteiger partial charge in [-0.2, -0.15) is 4.98 Å². The molecule has 9 unspecified atom stereocenters. The lowest BCUT2D eigenvalue weighted by Crippen LogP contribution is -2.64. The van der Waals surface area contributed by atoms with E-state index < -0.39 is 236 Å². The van der Waals surface area contributed by atoms with Crippen molar-refractivity contribution in [3.8, 4) is 63.0 Å². The van der Waals surface area contributed by atoms with Crippen molar-refractivity contribution >= 4 is 88.1 Å². The number of nitrogens with one attached hydrogen (secondary N) is 7. The Balaban J connectivity index is 1.17. The molecular formula is C70H78Cl2N12O24S. The number of amides is 7. The summed E-state index contributed by atoms with van der Waals surface area (Å²) in [4.78, 5) is 126. The van der Waals surface area contributed by atoms with E-state index in [1.165, 1.54) is 33.0 Å². The fourth-order valence-corrected chi connectivity index (χ4v) is 14.5. The van der Waals surface area contributed by atoms with E-state index in [1.807, 2.05) is 13.8 Å². The average Bonchev–Trinajstić information content (AvgIpc) is 0.767. The Morgan fingerprint density at radius 2 is 1.35 bits per heavy atom. The quantitative estimate of drug-likeness (QED) is 0.0503. The van der Waals surface area contributed by atoms with Crippen LogP contribution in [0.1, 0.15) is 105 Å². The number of aliphatic hydroxyl groups is 5. The van der Waals surface area contributed by atoms with Crippen molar-refractivity contribution in [1.29, 1.82) is 0 Å². The van der Waals surface area contributed by atoms with Gasteiger partial charge in [-0.25, -0.2) is 9.78 Å². The number of hydrogen-bond donors (Lipinski definition) is 20. The zero-order chi connectivity index (χ0) is 79.1. The topological polar surface area (TPSA) is 582 Å². The van der Waals surface area contributed by atoms with Crippen molar-refractivity contribution < 1.29 is 118 Å². The van der Waals surface area contributed by atoms with E-state index in [4.69, 9.17) is 68.8 Å². The molecule has 109 heavy (non-hydrogen) atoms. The summed E-state index contributed by atoms with van der Waals surface area (Å²) in [7, 11) is 1.47. The molecule has 2 saturated heterocycles. The molecule has 23 N–H and O–H groups in total. The number of aromatic nitrogens is 2. The minimum atomic E-state index is -2.37. The number of nitrogens with two attached hydrogens (primary N) is 3. The Labute approximate surface area is 633 Å². The first-order valence-electron chi connectivity index (χ1n) is 33.8. The molecule has 0 saturated carbocycles. The normalized spacial score (nSPS) is 28.1. The number of likely N-dealkylation sites (N-methyl/N-ethyl adjacent to an activating group) is 1. The fraction of sp³-hybridized carbons (Fsp3) is 0.400. The number of thioether (sulfide) groups is 1. The fourth-order valence-electron chi connectivity index (χ4n) is 13.1. The Bertz CT molecular complexity index is 4550. The molecular weight excluding hydrogens is 1500 g/mol. The van der Waals surface area contributed by atoms with Crippen LogP contribution in [0.5, 0.6) is 51.9 Å². The zero-order valence-electron chi connectivity index (χ0n) is 58.3. The standard InChI is InChI=1S/C70H78Cl2N12O24S/c1-24(2)12-35(76-5)61(95)83-52-54(90)27-7-10-39(33(71)14-27)104-41-16-29-17-42(58(41)108-68-59(107-47-22-70(4,75)60(94)25(3)103-47)57(93)56(92)43(106-68)23-109-69-78-44(73)21-46(89)79-69)105-40-11-8-28(15-34(40)72)55(91)53-66(100)82-51(67(101)102)32-18-30(85)19-38(87)48(32)31-13-26(6-9-37(31)86)49(63(97)84-53)81-64(98)50(29)80-62(96)36(20-45(74)88)77-65(52)99/h6-11,13-19,21,24-25,35-36,43,47,49-57,59-60,68,76,85-87,90-94H,12,20,22-23,75H2,1-5H3,(H2,74,88)(H,77,99)(H,80,96)(H,81,98)(H,82,100)(H,83,95)(H,84,97)(H,101,102)(H3,73,78,79,89)/t25?,35-,36-,43?,47?,49+,50+,51+,52+,53-,54+,55+,56?,57?,59?,60?,68?,70?/m0/s1. The van der Waals surface area contributed by atoms with Crippen molar-refractivity contribution in [2.45, 2.75) is 161 Å². The van der Waals surface area contributed by atoms with Gasteiger partial charge in [0.2, 0.25) is 59.3 Å². The first-order chi connectivity index (χ1) is 51.5. The number of phenolic OH excluding ortho intramolecular Hbond substituents is 3. The molecule has 2 fully saturated rings. The third-order valence-corrected chi connectivity index (χ3v) is 20.2. The summed E-state index contributed by atoms with van der Waals surface area (Å²) in [5, 5.41) is 132. The monoisotopic (exact) mass is 1570 g/mol. The number of carboxylic acids is 1. The lowest BCUT2D eigenvalue weighted by molar-refractivity contribution is -0.329. The third-order valence-electron chi connectivity index (χ3n) is 18.7. The molecule has 0 radical (unpaired) electrons. The van der Waals surface area contributed by atoms with Gasteiger partial charge in [0.05, 0.1) is 40.8 Å². The highest BCUT2D eigenvalue weighted by Crippen LogP contribution is 2.50. The summed E-state index contributed by atoms with van der Waals surface area (Å²) in [6, 6.07) is 0.263. The SMILES string of the molecule is CN[C@@H](CC(C)C)C(=O)N[C@H]1C(=O)N[C@@H](CC(N)=O)C(=O)N[C@H]2C(=O)N[C@H]3C(=O)N[C@H](C(=O)N[C@@H](C(=O)O)c4cc(O)cc(O)c4-c4cc3ccc4O)[C@H](O)c3ccc(c(Cl)c3)Oc3cc2cc(c3OC2OC(CSc3nc(N)cc(O)n3)C(O)C(O)C2OC2CC(C)(N)C(O)C(C)O2)Oc2ccc(cc2Cl)[C@H]1O. The maximum atomic E-state index is 16.2. The van der Waals surface area contributed by atoms with Crippen LogP contribution in [-0.4, -0.2) is 200 Å². The molecule has 8 heterocycles. The van der Waals surface area contributed by atoms with Gasteiger partial charge in [0.25, 0.3) is 0 Å². The number of nitrogens with zero attached hydrogens (tertiary/aromatic N) is 2. The van der Waals surface area contributed by atoms with Gasteiger partial charge in [0, 0.05) is 46.5 Å². The lowest BCUT2D eigenvalue weighted by Gasteiger charge is -2.47. The largest absolute Gasteiger partial charge is 0.508 e. The van der Waals surface area contributed by atoms with E-state index in [9.17, 15) is 75.0 Å². The van der Waals surface area contributed by atoms with E-state index in [0.29, 0.717) is 0 Å². The number of anilines is 1. The summed E-state index contributed by atoms with van der Waals surface area (Å²) in [5.74, 6) is -17.2. The van der Waals surface area contributed by atoms with Crippen LogP contribution in [0.4, 0.5) is 5.82 Å². The molecule has 7 aliphatic heterocycles. The van der Waals surface area contributed by atoms with E-state index in [0.717, 1.165) is 84.6 Å². The van der Waals surface area contributed by atoms with Crippen molar-refractivity contribution in [3.63, 3.8) is 0 Å². The molecule has 7 aliphatic rings. The number of fused-ring (bicyclic) bond motifs is 15. The number of aliphatic hydroxyl groups excluding tert-OH is 5. The molecule has 1 aromatic heterocycles. The minimum Gasteiger partial charge on any atom is -0.508 e. The molecule has 7 amide bonds. The molecule has 0 aliphatic carbocycles. The number of hydrogen-bond acceptors (Lipinski definition) is 29. The maximum Gasteiger partial charge on any atom is 0.330 e. The summed E-state index contributed by atoms with van der Waals surface area (Å²) < 4.78 is 39.3. The first kappa shape index (κ1) is 79.9. The van der Waals surface area contributed by atoms with Crippen LogP contribution in [0.25, 0.3) is 11.1 Å². The van der Waals surface area contributed by atoms with Crippen molar-refractivity contribution in [1.82, 2.24) is 47.2 Å². The van der Waals surface area contributed by atoms with Gasteiger partial charge >= 0.3 is 5.97 Å². The average molecular weight is 1570 g/mol. The maximum absolute atomic E-state index is 16.2. The van der Waals surface area contributed by atoms with E-state index in [2.05, 4.69) is 47.2 Å². The van der Waals surface area contributed by atoms with Crippen LogP contribution in [0.2, 0.25) is 10.0 Å². The lowest BCUT2D eigenvalue weighted by atomic mass is 9.86. The van der Waals surface area contributed by atoms with Crippen LogP contribution in [0, 0.1) is 5.92 Å². The number of carboxylic acid groups (broad SMARTS) is 1. The first-order valence-corrected chi connectivity index (χ1v) is 35.5. The Kier molecular flexibility index (Phi) is 23.9. The molecule has 39 heteroatoms. The molecule has 6 aromatic rings. The minimum absolute atomic E-state index is 0.110. The second-order valence-electron chi connectivity index (χ2n) is 27.3. The highest BCUT2D eigenvalue weighted by molar-refractivity contribution is 7.99. The Hall–Kier alpha value is -10.1. The molecule has 5 aromatic carbocycles. The summed E-state index contributed by atoms with van der Waals surface area (Å²) in [5.41, 5.74) is 13.9. The summed E-state index contributed by atoms with van der Waals surface area (Å²) in [6.45, 7) is 6.63. The smallest absolute Gasteiger partial charge is 0.330 e. The van der Waals surface area contributed by atoms with Crippen LogP contribution >= 0.6 is 35.0 Å². The number of aromatic hydroxyl groups is 4.